The third kappa shape index (κ3) is 5.26. The van der Waals surface area contributed by atoms with Gasteiger partial charge in [0, 0.05) is 13.0 Å². The third-order valence-electron chi connectivity index (χ3n) is 5.48. The summed E-state index contributed by atoms with van der Waals surface area (Å²) in [5.41, 5.74) is 4.43. The zero-order valence-corrected chi connectivity index (χ0v) is 18.2. The molecule has 0 saturated heterocycles. The number of nitrogens with one attached hydrogen (secondary N) is 2. The van der Waals surface area contributed by atoms with Gasteiger partial charge in [0.15, 0.2) is 6.04 Å². The molecule has 0 fully saturated rings. The minimum absolute atomic E-state index is 0.0929. The van der Waals surface area contributed by atoms with Crippen molar-refractivity contribution in [3.8, 4) is 11.1 Å². The maximum Gasteiger partial charge on any atom is 0.407 e. The number of ether oxygens (including phenoxy) is 2. The van der Waals surface area contributed by atoms with E-state index in [1.807, 2.05) is 43.3 Å². The normalized spacial score (nSPS) is 14.1. The Kier molecular flexibility index (Phi) is 7.83. The SMILES string of the molecule is CCC[C@@H](NC(=O)OCC1c2ccccc2-c2ccccc21)C(=O)NC(COC)C(=O)O. The molecule has 0 spiro atoms. The highest BCUT2D eigenvalue weighted by atomic mass is 16.5. The van der Waals surface area contributed by atoms with Gasteiger partial charge in [-0.1, -0.05) is 61.9 Å². The van der Waals surface area contributed by atoms with Crippen LogP contribution >= 0.6 is 0 Å². The summed E-state index contributed by atoms with van der Waals surface area (Å²) in [6.45, 7) is 1.82. The van der Waals surface area contributed by atoms with Crippen molar-refractivity contribution in [2.24, 2.45) is 0 Å². The van der Waals surface area contributed by atoms with Crippen molar-refractivity contribution in [1.82, 2.24) is 10.6 Å². The second kappa shape index (κ2) is 10.8. The van der Waals surface area contributed by atoms with Gasteiger partial charge in [-0.2, -0.15) is 0 Å². The van der Waals surface area contributed by atoms with Crippen molar-refractivity contribution >= 4 is 18.0 Å². The van der Waals surface area contributed by atoms with Crippen LogP contribution in [-0.4, -0.2) is 55.5 Å². The predicted octanol–water partition coefficient (Wildman–Crippen LogP) is 2.91. The van der Waals surface area contributed by atoms with Crippen molar-refractivity contribution in [2.45, 2.75) is 37.8 Å². The van der Waals surface area contributed by atoms with E-state index in [1.165, 1.54) is 7.11 Å². The molecule has 0 aliphatic heterocycles. The Morgan fingerprint density at radius 2 is 1.56 bits per heavy atom. The maximum absolute atomic E-state index is 12.5. The molecule has 3 rings (SSSR count). The minimum Gasteiger partial charge on any atom is -0.480 e. The quantitative estimate of drug-likeness (QED) is 0.524. The highest BCUT2D eigenvalue weighted by Crippen LogP contribution is 2.44. The molecule has 8 nitrogen and oxygen atoms in total. The fourth-order valence-electron chi connectivity index (χ4n) is 3.95. The Morgan fingerprint density at radius 1 is 0.969 bits per heavy atom. The van der Waals surface area contributed by atoms with Crippen molar-refractivity contribution < 1.29 is 29.0 Å². The Hall–Kier alpha value is -3.39. The van der Waals surface area contributed by atoms with Gasteiger partial charge in [0.2, 0.25) is 5.91 Å². The van der Waals surface area contributed by atoms with Crippen molar-refractivity contribution in [3.05, 3.63) is 59.7 Å². The van der Waals surface area contributed by atoms with E-state index in [4.69, 9.17) is 9.47 Å². The van der Waals surface area contributed by atoms with Gasteiger partial charge in [-0.3, -0.25) is 4.79 Å². The Bertz CT molecular complexity index is 931. The highest BCUT2D eigenvalue weighted by Gasteiger charge is 2.30. The molecule has 0 saturated carbocycles. The van der Waals surface area contributed by atoms with Gasteiger partial charge in [-0.05, 0) is 28.7 Å². The summed E-state index contributed by atoms with van der Waals surface area (Å²) in [4.78, 5) is 36.3. The number of methoxy groups -OCH3 is 1. The van der Waals surface area contributed by atoms with Crippen LogP contribution in [0.2, 0.25) is 0 Å². The molecule has 0 radical (unpaired) electrons. The third-order valence-corrected chi connectivity index (χ3v) is 5.48. The number of aliphatic carboxylic acids is 1. The molecule has 8 heteroatoms. The Labute approximate surface area is 186 Å². The van der Waals surface area contributed by atoms with Gasteiger partial charge in [-0.25, -0.2) is 9.59 Å². The van der Waals surface area contributed by atoms with E-state index in [9.17, 15) is 19.5 Å². The standard InChI is InChI=1S/C24H28N2O6/c1-3-8-20(22(27)25-21(14-31-2)23(28)29)26-24(30)32-13-19-17-11-6-4-9-15(17)16-10-5-7-12-18(16)19/h4-7,9-12,19-21H,3,8,13-14H2,1-2H3,(H,25,27)(H,26,30)(H,28,29)/t20-,21?/m1/s1. The van der Waals surface area contributed by atoms with Crippen LogP contribution in [0.4, 0.5) is 4.79 Å². The molecule has 2 atom stereocenters. The first-order valence-corrected chi connectivity index (χ1v) is 10.6. The van der Waals surface area contributed by atoms with E-state index in [1.54, 1.807) is 0 Å². The van der Waals surface area contributed by atoms with Crippen molar-refractivity contribution in [3.63, 3.8) is 0 Å². The van der Waals surface area contributed by atoms with Crippen LogP contribution in [0.15, 0.2) is 48.5 Å². The number of amides is 2. The fourth-order valence-corrected chi connectivity index (χ4v) is 3.95. The largest absolute Gasteiger partial charge is 0.480 e. The number of fused-ring (bicyclic) bond motifs is 3. The average Bonchev–Trinajstić information content (AvgIpc) is 3.10. The lowest BCUT2D eigenvalue weighted by Gasteiger charge is -2.21. The summed E-state index contributed by atoms with van der Waals surface area (Å²) in [6.07, 6.45) is 0.234. The molecule has 32 heavy (non-hydrogen) atoms. The topological polar surface area (TPSA) is 114 Å². The summed E-state index contributed by atoms with van der Waals surface area (Å²) < 4.78 is 10.3. The zero-order valence-electron chi connectivity index (χ0n) is 18.2. The van der Waals surface area contributed by atoms with E-state index in [0.717, 1.165) is 22.3 Å². The van der Waals surface area contributed by atoms with Gasteiger partial charge < -0.3 is 25.2 Å². The lowest BCUT2D eigenvalue weighted by molar-refractivity contribution is -0.143. The number of benzene rings is 2. The molecule has 0 aromatic heterocycles. The summed E-state index contributed by atoms with van der Waals surface area (Å²) >= 11 is 0. The number of hydrogen-bond donors (Lipinski definition) is 3. The molecule has 3 N–H and O–H groups in total. The van der Waals surface area contributed by atoms with Crippen LogP contribution in [0.5, 0.6) is 0 Å². The van der Waals surface area contributed by atoms with Crippen LogP contribution in [0.3, 0.4) is 0 Å². The van der Waals surface area contributed by atoms with E-state index in [-0.39, 0.29) is 19.1 Å². The molecular formula is C24H28N2O6. The van der Waals surface area contributed by atoms with E-state index < -0.39 is 30.1 Å². The van der Waals surface area contributed by atoms with Crippen LogP contribution in [-0.2, 0) is 19.1 Å². The number of alkyl carbamates (subject to hydrolysis) is 1. The predicted molar refractivity (Wildman–Crippen MR) is 118 cm³/mol. The molecule has 170 valence electrons. The first-order chi connectivity index (χ1) is 15.5. The monoisotopic (exact) mass is 440 g/mol. The molecule has 2 aromatic carbocycles. The molecule has 2 aromatic rings. The van der Waals surface area contributed by atoms with E-state index in [0.29, 0.717) is 12.8 Å². The first-order valence-electron chi connectivity index (χ1n) is 10.6. The van der Waals surface area contributed by atoms with Crippen molar-refractivity contribution in [1.29, 1.82) is 0 Å². The van der Waals surface area contributed by atoms with Gasteiger partial charge in [-0.15, -0.1) is 0 Å². The Balaban J connectivity index is 1.64. The highest BCUT2D eigenvalue weighted by molar-refractivity contribution is 5.89. The van der Waals surface area contributed by atoms with Crippen LogP contribution in [0, 0.1) is 0 Å². The summed E-state index contributed by atoms with van der Waals surface area (Å²) in [7, 11) is 1.35. The smallest absolute Gasteiger partial charge is 0.407 e. The summed E-state index contributed by atoms with van der Waals surface area (Å²) in [6, 6.07) is 13.9. The minimum atomic E-state index is -1.21. The molecule has 0 bridgehead atoms. The molecule has 0 heterocycles. The summed E-state index contributed by atoms with van der Waals surface area (Å²) in [5, 5.41) is 14.2. The zero-order chi connectivity index (χ0) is 23.1. The second-order valence-corrected chi connectivity index (χ2v) is 7.67. The van der Waals surface area contributed by atoms with Crippen LogP contribution < -0.4 is 10.6 Å². The molecule has 1 unspecified atom stereocenters. The maximum atomic E-state index is 12.5. The van der Waals surface area contributed by atoms with Gasteiger partial charge in [0.1, 0.15) is 12.6 Å². The molecule has 1 aliphatic rings. The van der Waals surface area contributed by atoms with Crippen LogP contribution in [0.1, 0.15) is 36.8 Å². The van der Waals surface area contributed by atoms with Gasteiger partial charge in [0.25, 0.3) is 0 Å². The summed E-state index contributed by atoms with van der Waals surface area (Å²) in [5.74, 6) is -1.90. The molecule has 1 aliphatic carbocycles. The lowest BCUT2D eigenvalue weighted by atomic mass is 9.98. The number of hydrogen-bond acceptors (Lipinski definition) is 5. The van der Waals surface area contributed by atoms with Gasteiger partial charge in [0.05, 0.1) is 6.61 Å². The van der Waals surface area contributed by atoms with E-state index in [2.05, 4.69) is 22.8 Å². The molecular weight excluding hydrogens is 412 g/mol. The Morgan fingerprint density at radius 3 is 2.09 bits per heavy atom. The number of carbonyl (C=O) groups is 3. The number of carboxylic acids is 1. The lowest BCUT2D eigenvalue weighted by Crippen LogP contribution is -2.53. The fraction of sp³-hybridized carbons (Fsp3) is 0.375. The first kappa shape index (κ1) is 23.3. The van der Waals surface area contributed by atoms with Gasteiger partial charge >= 0.3 is 12.1 Å². The van der Waals surface area contributed by atoms with Crippen molar-refractivity contribution in [2.75, 3.05) is 20.3 Å². The average molecular weight is 440 g/mol. The second-order valence-electron chi connectivity index (χ2n) is 7.67. The number of rotatable bonds is 10. The molecule has 2 amide bonds. The van der Waals surface area contributed by atoms with E-state index >= 15 is 0 Å². The number of carboxylic acid groups (broad SMARTS) is 1. The number of carbonyl (C=O) groups excluding carboxylic acids is 2. The van der Waals surface area contributed by atoms with Crippen LogP contribution in [0.25, 0.3) is 11.1 Å².